The highest BCUT2D eigenvalue weighted by Crippen LogP contribution is 2.29. The average Bonchev–Trinajstić information content (AvgIpc) is 3.11. The monoisotopic (exact) mass is 324 g/mol. The molecule has 2 amide bonds. The van der Waals surface area contributed by atoms with Gasteiger partial charge >= 0.3 is 0 Å². The lowest BCUT2D eigenvalue weighted by Crippen LogP contribution is -2.34. The van der Waals surface area contributed by atoms with E-state index >= 15 is 0 Å². The Bertz CT molecular complexity index is 730. The molecule has 24 heavy (non-hydrogen) atoms. The molecule has 3 rings (SSSR count). The van der Waals surface area contributed by atoms with E-state index in [9.17, 15) is 9.59 Å². The van der Waals surface area contributed by atoms with Gasteiger partial charge in [0.2, 0.25) is 5.91 Å². The number of rotatable bonds is 5. The molecule has 1 saturated heterocycles. The molecule has 0 aliphatic carbocycles. The Morgan fingerprint density at radius 1 is 1.08 bits per heavy atom. The topological polar surface area (TPSA) is 72.6 Å². The summed E-state index contributed by atoms with van der Waals surface area (Å²) in [5.41, 5.74) is 7.29. The number of benzene rings is 2. The fraction of sp³-hybridized carbons (Fsp3) is 0.263. The number of likely N-dealkylation sites (tertiary alicyclic amines) is 1. The number of hydrogen-bond acceptors (Lipinski definition) is 3. The lowest BCUT2D eigenvalue weighted by molar-refractivity contribution is -0.132. The van der Waals surface area contributed by atoms with Crippen molar-refractivity contribution in [1.82, 2.24) is 4.90 Å². The molecule has 1 aliphatic rings. The predicted molar refractivity (Wildman–Crippen MR) is 91.3 cm³/mol. The number of primary amides is 1. The summed E-state index contributed by atoms with van der Waals surface area (Å²) in [5.74, 6) is -0.0458. The van der Waals surface area contributed by atoms with Crippen LogP contribution in [0.25, 0.3) is 11.1 Å². The molecule has 0 radical (unpaired) electrons. The number of nitrogens with zero attached hydrogens (tertiary/aromatic N) is 1. The van der Waals surface area contributed by atoms with Crippen LogP contribution in [0.4, 0.5) is 0 Å². The maximum atomic E-state index is 12.3. The Morgan fingerprint density at radius 2 is 1.79 bits per heavy atom. The Kier molecular flexibility index (Phi) is 4.79. The van der Waals surface area contributed by atoms with Gasteiger partial charge in [-0.2, -0.15) is 0 Å². The zero-order valence-corrected chi connectivity index (χ0v) is 13.4. The largest absolute Gasteiger partial charge is 0.483 e. The lowest BCUT2D eigenvalue weighted by atomic mass is 10.1. The van der Waals surface area contributed by atoms with E-state index in [1.54, 1.807) is 4.90 Å². The van der Waals surface area contributed by atoms with E-state index < -0.39 is 0 Å². The third-order valence-corrected chi connectivity index (χ3v) is 4.27. The van der Waals surface area contributed by atoms with Crippen molar-refractivity contribution < 1.29 is 14.3 Å². The zero-order chi connectivity index (χ0) is 16.9. The smallest absolute Gasteiger partial charge is 0.260 e. The fourth-order valence-electron chi connectivity index (χ4n) is 2.90. The second-order valence-corrected chi connectivity index (χ2v) is 5.88. The van der Waals surface area contributed by atoms with Gasteiger partial charge in [-0.05, 0) is 18.1 Å². The number of amides is 2. The summed E-state index contributed by atoms with van der Waals surface area (Å²) in [7, 11) is 0. The quantitative estimate of drug-likeness (QED) is 0.915. The molecule has 124 valence electrons. The minimum absolute atomic E-state index is 0.0463. The van der Waals surface area contributed by atoms with E-state index in [1.807, 2.05) is 54.6 Å². The van der Waals surface area contributed by atoms with Crippen molar-refractivity contribution in [3.63, 3.8) is 0 Å². The van der Waals surface area contributed by atoms with Gasteiger partial charge in [-0.15, -0.1) is 0 Å². The molecular formula is C19H20N2O3. The summed E-state index contributed by atoms with van der Waals surface area (Å²) in [6.45, 7) is 0.892. The molecule has 5 heteroatoms. The normalized spacial score (nSPS) is 16.8. The zero-order valence-electron chi connectivity index (χ0n) is 13.4. The fourth-order valence-corrected chi connectivity index (χ4v) is 2.90. The summed E-state index contributed by atoms with van der Waals surface area (Å²) >= 11 is 0. The Hall–Kier alpha value is -2.82. The van der Waals surface area contributed by atoms with E-state index in [1.165, 1.54) is 0 Å². The number of ether oxygens (including phenoxy) is 1. The minimum Gasteiger partial charge on any atom is -0.483 e. The molecule has 1 aliphatic heterocycles. The van der Waals surface area contributed by atoms with Crippen molar-refractivity contribution in [2.45, 2.75) is 6.42 Å². The first-order valence-electron chi connectivity index (χ1n) is 7.99. The molecule has 2 aromatic rings. The van der Waals surface area contributed by atoms with Gasteiger partial charge in [-0.1, -0.05) is 48.5 Å². The molecular weight excluding hydrogens is 304 g/mol. The Morgan fingerprint density at radius 3 is 2.50 bits per heavy atom. The summed E-state index contributed by atoms with van der Waals surface area (Å²) in [6, 6.07) is 17.5. The van der Waals surface area contributed by atoms with Crippen molar-refractivity contribution in [3.8, 4) is 16.9 Å². The molecule has 1 fully saturated rings. The summed E-state index contributed by atoms with van der Waals surface area (Å²) < 4.78 is 5.75. The standard InChI is InChI=1S/C19H20N2O3/c20-19(23)15-10-11-21(12-15)18(22)13-24-17-9-5-4-8-16(17)14-6-2-1-3-7-14/h1-9,15H,10-13H2,(H2,20,23)/t15-/m1/s1. The number of nitrogens with two attached hydrogens (primary N) is 1. The first-order chi connectivity index (χ1) is 11.6. The second-order valence-electron chi connectivity index (χ2n) is 5.88. The van der Waals surface area contributed by atoms with Crippen molar-refractivity contribution >= 4 is 11.8 Å². The van der Waals surface area contributed by atoms with Crippen molar-refractivity contribution in [3.05, 3.63) is 54.6 Å². The molecule has 0 spiro atoms. The van der Waals surface area contributed by atoms with Crippen LogP contribution in [-0.2, 0) is 9.59 Å². The van der Waals surface area contributed by atoms with E-state index in [0.29, 0.717) is 25.3 Å². The molecule has 0 saturated carbocycles. The van der Waals surface area contributed by atoms with Gasteiger partial charge < -0.3 is 15.4 Å². The van der Waals surface area contributed by atoms with Crippen LogP contribution >= 0.6 is 0 Å². The van der Waals surface area contributed by atoms with E-state index in [2.05, 4.69) is 0 Å². The summed E-state index contributed by atoms with van der Waals surface area (Å²) in [6.07, 6.45) is 0.627. The third-order valence-electron chi connectivity index (χ3n) is 4.27. The van der Waals surface area contributed by atoms with E-state index in [4.69, 9.17) is 10.5 Å². The Labute approximate surface area is 141 Å². The highest BCUT2D eigenvalue weighted by molar-refractivity contribution is 5.82. The van der Waals surface area contributed by atoms with Gasteiger partial charge in [0.1, 0.15) is 5.75 Å². The van der Waals surface area contributed by atoms with E-state index in [0.717, 1.165) is 11.1 Å². The highest BCUT2D eigenvalue weighted by atomic mass is 16.5. The number of carbonyl (C=O) groups is 2. The molecule has 1 heterocycles. The Balaban J connectivity index is 1.65. The number of hydrogen-bond donors (Lipinski definition) is 1. The third kappa shape index (κ3) is 3.56. The van der Waals surface area contributed by atoms with Gasteiger partial charge in [0.25, 0.3) is 5.91 Å². The van der Waals surface area contributed by atoms with Gasteiger partial charge in [0.05, 0.1) is 5.92 Å². The predicted octanol–water partition coefficient (Wildman–Crippen LogP) is 2.07. The number of para-hydroxylation sites is 1. The summed E-state index contributed by atoms with van der Waals surface area (Å²) in [4.78, 5) is 25.1. The average molecular weight is 324 g/mol. The maximum Gasteiger partial charge on any atom is 0.260 e. The molecule has 0 bridgehead atoms. The molecule has 2 N–H and O–H groups in total. The van der Waals surface area contributed by atoms with Crippen molar-refractivity contribution in [1.29, 1.82) is 0 Å². The minimum atomic E-state index is -0.347. The maximum absolute atomic E-state index is 12.3. The molecule has 2 aromatic carbocycles. The van der Waals surface area contributed by atoms with Crippen LogP contribution in [0.1, 0.15) is 6.42 Å². The van der Waals surface area contributed by atoms with Crippen molar-refractivity contribution in [2.75, 3.05) is 19.7 Å². The van der Waals surface area contributed by atoms with Gasteiger partial charge in [0, 0.05) is 18.7 Å². The molecule has 1 atom stereocenters. The highest BCUT2D eigenvalue weighted by Gasteiger charge is 2.29. The van der Waals surface area contributed by atoms with Crippen LogP contribution in [0.5, 0.6) is 5.75 Å². The molecule has 0 unspecified atom stereocenters. The molecule has 5 nitrogen and oxygen atoms in total. The number of carbonyl (C=O) groups excluding carboxylic acids is 2. The van der Waals surface area contributed by atoms with Gasteiger partial charge in [0.15, 0.2) is 6.61 Å². The second kappa shape index (κ2) is 7.17. The van der Waals surface area contributed by atoms with Crippen LogP contribution in [0.2, 0.25) is 0 Å². The van der Waals surface area contributed by atoms with Crippen LogP contribution in [-0.4, -0.2) is 36.4 Å². The van der Waals surface area contributed by atoms with Crippen LogP contribution in [0.15, 0.2) is 54.6 Å². The molecule has 0 aromatic heterocycles. The SMILES string of the molecule is NC(=O)[C@@H]1CCN(C(=O)COc2ccccc2-c2ccccc2)C1. The van der Waals surface area contributed by atoms with Crippen LogP contribution < -0.4 is 10.5 Å². The van der Waals surface area contributed by atoms with E-state index in [-0.39, 0.29) is 24.3 Å². The van der Waals surface area contributed by atoms with Crippen LogP contribution in [0.3, 0.4) is 0 Å². The van der Waals surface area contributed by atoms with Crippen molar-refractivity contribution in [2.24, 2.45) is 11.7 Å². The lowest BCUT2D eigenvalue weighted by Gasteiger charge is -2.17. The summed E-state index contributed by atoms with van der Waals surface area (Å²) in [5, 5.41) is 0. The van der Waals surface area contributed by atoms with Crippen LogP contribution in [0, 0.1) is 5.92 Å². The van der Waals surface area contributed by atoms with Gasteiger partial charge in [-0.3, -0.25) is 9.59 Å². The van der Waals surface area contributed by atoms with Gasteiger partial charge in [-0.25, -0.2) is 0 Å². The first-order valence-corrected chi connectivity index (χ1v) is 7.99. The first kappa shape index (κ1) is 16.1.